The maximum atomic E-state index is 8.92. The zero-order valence-electron chi connectivity index (χ0n) is 9.47. The van der Waals surface area contributed by atoms with Crippen LogP contribution >= 0.6 is 0 Å². The topological polar surface area (TPSA) is 59.0 Å². The number of rotatable bonds is 2. The molecule has 84 valence electrons. The second-order valence-corrected chi connectivity index (χ2v) is 3.61. The van der Waals surface area contributed by atoms with E-state index in [-0.39, 0.29) is 0 Å². The summed E-state index contributed by atoms with van der Waals surface area (Å²) >= 11 is 0. The molecule has 0 bridgehead atoms. The van der Waals surface area contributed by atoms with E-state index >= 15 is 0 Å². The van der Waals surface area contributed by atoms with Crippen molar-refractivity contribution in [2.24, 2.45) is 0 Å². The number of ether oxygens (including phenoxy) is 1. The van der Waals surface area contributed by atoms with Gasteiger partial charge < -0.3 is 10.5 Å². The Hall–Kier alpha value is -2.47. The first-order valence-electron chi connectivity index (χ1n) is 5.19. The minimum Gasteiger partial charge on any atom is -0.496 e. The first kappa shape index (κ1) is 11.0. The lowest BCUT2D eigenvalue weighted by Gasteiger charge is -2.10. The van der Waals surface area contributed by atoms with E-state index < -0.39 is 0 Å². The highest BCUT2D eigenvalue weighted by Gasteiger charge is 2.09. The largest absolute Gasteiger partial charge is 0.496 e. The highest BCUT2D eigenvalue weighted by Crippen LogP contribution is 2.34. The summed E-state index contributed by atoms with van der Waals surface area (Å²) < 4.78 is 5.29. The lowest BCUT2D eigenvalue weighted by molar-refractivity contribution is 0.416. The molecule has 2 aromatic carbocycles. The maximum Gasteiger partial charge on any atom is 0.126 e. The van der Waals surface area contributed by atoms with Crippen molar-refractivity contribution in [2.45, 2.75) is 0 Å². The molecule has 0 radical (unpaired) electrons. The van der Waals surface area contributed by atoms with Gasteiger partial charge in [-0.1, -0.05) is 18.2 Å². The number of nitrogens with zero attached hydrogens (tertiary/aromatic N) is 1. The van der Waals surface area contributed by atoms with E-state index in [9.17, 15) is 0 Å². The van der Waals surface area contributed by atoms with Crippen LogP contribution in [-0.4, -0.2) is 7.11 Å². The van der Waals surface area contributed by atoms with Crippen molar-refractivity contribution >= 4 is 5.69 Å². The van der Waals surface area contributed by atoms with E-state index in [1.165, 1.54) is 0 Å². The number of nitriles is 1. The number of para-hydroxylation sites is 1. The van der Waals surface area contributed by atoms with Gasteiger partial charge in [0.15, 0.2) is 0 Å². The van der Waals surface area contributed by atoms with Crippen LogP contribution in [0.15, 0.2) is 42.5 Å². The van der Waals surface area contributed by atoms with Crippen LogP contribution < -0.4 is 10.5 Å². The number of nitrogens with two attached hydrogens (primary N) is 1. The maximum absolute atomic E-state index is 8.92. The molecule has 0 amide bonds. The van der Waals surface area contributed by atoms with Gasteiger partial charge in [0.1, 0.15) is 5.75 Å². The summed E-state index contributed by atoms with van der Waals surface area (Å²) in [4.78, 5) is 0. The Morgan fingerprint density at radius 3 is 2.53 bits per heavy atom. The summed E-state index contributed by atoms with van der Waals surface area (Å²) in [5.74, 6) is 0.710. The molecule has 2 N–H and O–H groups in total. The van der Waals surface area contributed by atoms with E-state index in [1.54, 1.807) is 25.3 Å². The Balaban J connectivity index is 2.65. The van der Waals surface area contributed by atoms with Crippen molar-refractivity contribution in [1.29, 1.82) is 5.26 Å². The van der Waals surface area contributed by atoms with Crippen LogP contribution in [0.1, 0.15) is 5.56 Å². The number of anilines is 1. The van der Waals surface area contributed by atoms with Gasteiger partial charge >= 0.3 is 0 Å². The highest BCUT2D eigenvalue weighted by atomic mass is 16.5. The Morgan fingerprint density at radius 1 is 1.12 bits per heavy atom. The third-order valence-electron chi connectivity index (χ3n) is 2.58. The van der Waals surface area contributed by atoms with Gasteiger partial charge in [0.05, 0.1) is 18.7 Å². The summed E-state index contributed by atoms with van der Waals surface area (Å²) in [6.45, 7) is 0. The van der Waals surface area contributed by atoms with Gasteiger partial charge in [0.25, 0.3) is 0 Å². The number of hydrogen-bond acceptors (Lipinski definition) is 3. The smallest absolute Gasteiger partial charge is 0.126 e. The molecule has 0 fully saturated rings. The van der Waals surface area contributed by atoms with Crippen LogP contribution in [0.25, 0.3) is 11.1 Å². The lowest BCUT2D eigenvalue weighted by Crippen LogP contribution is -1.93. The van der Waals surface area contributed by atoms with Gasteiger partial charge in [-0.2, -0.15) is 5.26 Å². The van der Waals surface area contributed by atoms with Crippen molar-refractivity contribution < 1.29 is 4.74 Å². The third kappa shape index (κ3) is 2.06. The Kier molecular flexibility index (Phi) is 2.97. The fourth-order valence-corrected chi connectivity index (χ4v) is 1.73. The Labute approximate surface area is 100 Å². The number of methoxy groups -OCH3 is 1. The van der Waals surface area contributed by atoms with Crippen LogP contribution in [0.2, 0.25) is 0 Å². The summed E-state index contributed by atoms with van der Waals surface area (Å²) in [5, 5.41) is 8.92. The summed E-state index contributed by atoms with van der Waals surface area (Å²) in [6, 6.07) is 14.9. The molecule has 17 heavy (non-hydrogen) atoms. The molecule has 0 aliphatic rings. The number of nitrogen functional groups attached to an aromatic ring is 1. The Bertz CT molecular complexity index is 585. The molecule has 0 saturated heterocycles. The third-order valence-corrected chi connectivity index (χ3v) is 2.58. The van der Waals surface area contributed by atoms with E-state index in [1.807, 2.05) is 24.3 Å². The summed E-state index contributed by atoms with van der Waals surface area (Å²) in [5.41, 5.74) is 8.90. The normalized spacial score (nSPS) is 9.65. The predicted molar refractivity (Wildman–Crippen MR) is 67.6 cm³/mol. The average molecular weight is 224 g/mol. The molecular formula is C14H12N2O. The van der Waals surface area contributed by atoms with E-state index in [4.69, 9.17) is 15.7 Å². The predicted octanol–water partition coefficient (Wildman–Crippen LogP) is 2.82. The van der Waals surface area contributed by atoms with Gasteiger partial charge in [-0.05, 0) is 24.3 Å². The van der Waals surface area contributed by atoms with Gasteiger partial charge in [-0.25, -0.2) is 0 Å². The van der Waals surface area contributed by atoms with E-state index in [0.717, 1.165) is 11.1 Å². The zero-order chi connectivity index (χ0) is 12.3. The van der Waals surface area contributed by atoms with Crippen LogP contribution in [0.4, 0.5) is 5.69 Å². The molecule has 0 atom stereocenters. The Morgan fingerprint density at radius 2 is 1.88 bits per heavy atom. The van der Waals surface area contributed by atoms with Crippen molar-refractivity contribution in [2.75, 3.05) is 12.8 Å². The second-order valence-electron chi connectivity index (χ2n) is 3.61. The molecule has 3 nitrogen and oxygen atoms in total. The molecule has 0 unspecified atom stereocenters. The molecule has 0 aliphatic carbocycles. The van der Waals surface area contributed by atoms with Crippen LogP contribution in [0.3, 0.4) is 0 Å². The van der Waals surface area contributed by atoms with Crippen LogP contribution in [0, 0.1) is 11.3 Å². The molecule has 0 saturated carbocycles. The van der Waals surface area contributed by atoms with Gasteiger partial charge in [0, 0.05) is 16.8 Å². The minimum atomic E-state index is 0.587. The fraction of sp³-hybridized carbons (Fsp3) is 0.0714. The molecular weight excluding hydrogens is 212 g/mol. The summed E-state index contributed by atoms with van der Waals surface area (Å²) in [7, 11) is 1.60. The molecule has 0 aliphatic heterocycles. The van der Waals surface area contributed by atoms with E-state index in [2.05, 4.69) is 6.07 Å². The average Bonchev–Trinajstić information content (AvgIpc) is 2.38. The van der Waals surface area contributed by atoms with Crippen LogP contribution in [-0.2, 0) is 0 Å². The standard InChI is InChI=1S/C14H12N2O/c1-17-14-7-6-10(9-15)8-12(14)11-4-2-3-5-13(11)16/h2-8H,16H2,1H3. The molecule has 0 aromatic heterocycles. The van der Waals surface area contributed by atoms with Crippen LogP contribution in [0.5, 0.6) is 5.75 Å². The second kappa shape index (κ2) is 4.58. The first-order valence-corrected chi connectivity index (χ1v) is 5.19. The quantitative estimate of drug-likeness (QED) is 0.798. The van der Waals surface area contributed by atoms with Gasteiger partial charge in [-0.15, -0.1) is 0 Å². The van der Waals surface area contributed by atoms with Crippen molar-refractivity contribution in [3.05, 3.63) is 48.0 Å². The summed E-state index contributed by atoms with van der Waals surface area (Å²) in [6.07, 6.45) is 0. The number of hydrogen-bond donors (Lipinski definition) is 1. The molecule has 2 aromatic rings. The molecule has 0 spiro atoms. The zero-order valence-corrected chi connectivity index (χ0v) is 9.47. The number of benzene rings is 2. The lowest BCUT2D eigenvalue weighted by atomic mass is 10.0. The fourth-order valence-electron chi connectivity index (χ4n) is 1.73. The highest BCUT2D eigenvalue weighted by molar-refractivity contribution is 5.81. The first-order chi connectivity index (χ1) is 8.26. The minimum absolute atomic E-state index is 0.587. The van der Waals surface area contributed by atoms with Crippen molar-refractivity contribution in [1.82, 2.24) is 0 Å². The molecule has 3 heteroatoms. The van der Waals surface area contributed by atoms with Gasteiger partial charge in [0.2, 0.25) is 0 Å². The van der Waals surface area contributed by atoms with Gasteiger partial charge in [-0.3, -0.25) is 0 Å². The molecule has 2 rings (SSSR count). The molecule has 0 heterocycles. The monoisotopic (exact) mass is 224 g/mol. The SMILES string of the molecule is COc1ccc(C#N)cc1-c1ccccc1N. The van der Waals surface area contributed by atoms with E-state index in [0.29, 0.717) is 17.0 Å². The van der Waals surface area contributed by atoms with Crippen molar-refractivity contribution in [3.63, 3.8) is 0 Å². The van der Waals surface area contributed by atoms with Crippen molar-refractivity contribution in [3.8, 4) is 22.9 Å².